The quantitative estimate of drug-likeness (QED) is 0.590. The Hall–Kier alpha value is -1.40. The molecule has 1 aromatic rings. The molecule has 0 bridgehead atoms. The van der Waals surface area contributed by atoms with Gasteiger partial charge in [0.15, 0.2) is 5.25 Å². The highest BCUT2D eigenvalue weighted by Gasteiger charge is 2.28. The van der Waals surface area contributed by atoms with Crippen LogP contribution < -0.4 is 10.5 Å². The Balaban J connectivity index is 2.67. The van der Waals surface area contributed by atoms with Gasteiger partial charge in [0, 0.05) is 22.4 Å². The van der Waals surface area contributed by atoms with Crippen LogP contribution in [0.4, 0.5) is 0 Å². The normalized spacial score (nSPS) is 12.3. The van der Waals surface area contributed by atoms with E-state index in [2.05, 4.69) is 21.3 Å². The minimum atomic E-state index is -3.75. The van der Waals surface area contributed by atoms with Crippen LogP contribution in [0.1, 0.15) is 17.4 Å². The number of nitrogens with one attached hydrogen (secondary N) is 1. The maximum Gasteiger partial charge on any atom is 0.325 e. The molecule has 20 heavy (non-hydrogen) atoms. The molecule has 1 unspecified atom stereocenters. The molecule has 0 aliphatic heterocycles. The van der Waals surface area contributed by atoms with Crippen LogP contribution in [-0.4, -0.2) is 33.3 Å². The average Bonchev–Trinajstić information content (AvgIpc) is 2.89. The molecule has 0 amide bonds. The number of carbonyl (C=O) groups is 1. The molecule has 0 radical (unpaired) electrons. The summed E-state index contributed by atoms with van der Waals surface area (Å²) in [5.41, 5.74) is 6.06. The van der Waals surface area contributed by atoms with Crippen LogP contribution in [0, 0.1) is 11.8 Å². The van der Waals surface area contributed by atoms with E-state index in [0.29, 0.717) is 0 Å². The van der Waals surface area contributed by atoms with Gasteiger partial charge < -0.3 is 10.5 Å². The van der Waals surface area contributed by atoms with Gasteiger partial charge in [0.1, 0.15) is 0 Å². The monoisotopic (exact) mass is 316 g/mol. The van der Waals surface area contributed by atoms with Gasteiger partial charge in [-0.25, -0.2) is 13.1 Å². The van der Waals surface area contributed by atoms with Crippen molar-refractivity contribution in [2.75, 3.05) is 13.7 Å². The molecule has 6 nitrogen and oxygen atoms in total. The maximum absolute atomic E-state index is 11.8. The summed E-state index contributed by atoms with van der Waals surface area (Å²) in [6, 6.07) is 1.78. The zero-order valence-corrected chi connectivity index (χ0v) is 12.8. The maximum atomic E-state index is 11.8. The Morgan fingerprint density at radius 3 is 2.90 bits per heavy atom. The minimum absolute atomic E-state index is 0.110. The van der Waals surface area contributed by atoms with Gasteiger partial charge in [0.2, 0.25) is 10.0 Å². The number of esters is 1. The van der Waals surface area contributed by atoms with Crippen LogP contribution >= 0.6 is 11.3 Å². The van der Waals surface area contributed by atoms with Crippen molar-refractivity contribution in [3.63, 3.8) is 0 Å². The summed E-state index contributed by atoms with van der Waals surface area (Å²) >= 11 is 1.38. The number of methoxy groups -OCH3 is 1. The van der Waals surface area contributed by atoms with E-state index in [1.807, 2.05) is 5.38 Å². The summed E-state index contributed by atoms with van der Waals surface area (Å²) in [5.74, 6) is 4.78. The molecular weight excluding hydrogens is 300 g/mol. The number of hydrogen-bond donors (Lipinski definition) is 2. The second-order valence-corrected chi connectivity index (χ2v) is 6.92. The van der Waals surface area contributed by atoms with Gasteiger partial charge in [-0.15, -0.1) is 11.3 Å². The first kappa shape index (κ1) is 16.7. The highest BCUT2D eigenvalue weighted by atomic mass is 32.2. The molecule has 0 fully saturated rings. The van der Waals surface area contributed by atoms with Gasteiger partial charge in [-0.3, -0.25) is 4.79 Å². The van der Waals surface area contributed by atoms with Crippen molar-refractivity contribution in [2.24, 2.45) is 5.73 Å². The molecule has 1 atom stereocenters. The van der Waals surface area contributed by atoms with Crippen LogP contribution in [0.3, 0.4) is 0 Å². The highest BCUT2D eigenvalue weighted by molar-refractivity contribution is 7.90. The van der Waals surface area contributed by atoms with Crippen molar-refractivity contribution < 1.29 is 17.9 Å². The third kappa shape index (κ3) is 4.61. The van der Waals surface area contributed by atoms with Crippen molar-refractivity contribution in [2.45, 2.75) is 18.7 Å². The van der Waals surface area contributed by atoms with Crippen molar-refractivity contribution >= 4 is 27.3 Å². The van der Waals surface area contributed by atoms with Crippen LogP contribution in [0.5, 0.6) is 0 Å². The summed E-state index contributed by atoms with van der Waals surface area (Å²) in [6.45, 7) is 1.66. The largest absolute Gasteiger partial charge is 0.468 e. The highest BCUT2D eigenvalue weighted by Crippen LogP contribution is 2.14. The lowest BCUT2D eigenvalue weighted by Crippen LogP contribution is -2.37. The molecule has 8 heteroatoms. The summed E-state index contributed by atoms with van der Waals surface area (Å²) < 4.78 is 30.4. The van der Waals surface area contributed by atoms with Gasteiger partial charge in [0.05, 0.1) is 13.7 Å². The number of ether oxygens (including phenoxy) is 1. The molecule has 0 saturated carbocycles. The number of thiophene rings is 1. The van der Waals surface area contributed by atoms with E-state index in [-0.39, 0.29) is 13.1 Å². The molecule has 1 heterocycles. The van der Waals surface area contributed by atoms with E-state index in [0.717, 1.165) is 17.6 Å². The first-order valence-corrected chi connectivity index (χ1v) is 8.16. The van der Waals surface area contributed by atoms with Crippen LogP contribution in [-0.2, 0) is 26.1 Å². The van der Waals surface area contributed by atoms with E-state index in [9.17, 15) is 13.2 Å². The summed E-state index contributed by atoms with van der Waals surface area (Å²) in [6.07, 6.45) is 0. The van der Waals surface area contributed by atoms with Gasteiger partial charge in [0.25, 0.3) is 0 Å². The number of sulfonamides is 1. The summed E-state index contributed by atoms with van der Waals surface area (Å²) in [7, 11) is -2.60. The first-order valence-electron chi connectivity index (χ1n) is 5.73. The van der Waals surface area contributed by atoms with E-state index < -0.39 is 21.2 Å². The smallest absolute Gasteiger partial charge is 0.325 e. The lowest BCUT2D eigenvalue weighted by Gasteiger charge is -2.11. The van der Waals surface area contributed by atoms with Gasteiger partial charge in [-0.1, -0.05) is 11.8 Å². The average molecular weight is 316 g/mol. The third-order valence-electron chi connectivity index (χ3n) is 2.43. The summed E-state index contributed by atoms with van der Waals surface area (Å²) in [5, 5.41) is 0.569. The van der Waals surface area contributed by atoms with Gasteiger partial charge in [-0.2, -0.15) is 0 Å². The zero-order valence-electron chi connectivity index (χ0n) is 11.2. The fraction of sp³-hybridized carbons (Fsp3) is 0.417. The predicted molar refractivity (Wildman–Crippen MR) is 77.5 cm³/mol. The number of nitrogens with two attached hydrogens (primary N) is 1. The Morgan fingerprint density at radius 1 is 1.60 bits per heavy atom. The molecule has 0 spiro atoms. The first-order chi connectivity index (χ1) is 9.40. The molecule has 0 aliphatic carbocycles. The Kier molecular flexibility index (Phi) is 6.16. The van der Waals surface area contributed by atoms with Crippen molar-refractivity contribution in [3.8, 4) is 11.8 Å². The Bertz CT molecular complexity index is 625. The molecule has 0 aromatic carbocycles. The van der Waals surface area contributed by atoms with Gasteiger partial charge >= 0.3 is 5.97 Å². The molecular formula is C12H16N2O4S2. The minimum Gasteiger partial charge on any atom is -0.468 e. The number of rotatable bonds is 5. The predicted octanol–water partition coefficient (Wildman–Crippen LogP) is 0.0392. The standard InChI is InChI=1S/C12H16N2O4S2/c1-9(12(15)18-2)20(16,17)14-7-11-6-10(8-19-11)4-3-5-13/h6,8-9,14H,5,7,13H2,1-2H3. The Morgan fingerprint density at radius 2 is 2.30 bits per heavy atom. The van der Waals surface area contributed by atoms with Crippen LogP contribution in [0.25, 0.3) is 0 Å². The van der Waals surface area contributed by atoms with E-state index in [1.54, 1.807) is 6.07 Å². The molecule has 3 N–H and O–H groups in total. The van der Waals surface area contributed by atoms with Crippen LogP contribution in [0.2, 0.25) is 0 Å². The van der Waals surface area contributed by atoms with Crippen molar-refractivity contribution in [3.05, 3.63) is 21.9 Å². The fourth-order valence-corrected chi connectivity index (χ4v) is 3.08. The zero-order chi connectivity index (χ0) is 15.2. The molecule has 0 aliphatic rings. The number of carbonyl (C=O) groups excluding carboxylic acids is 1. The second kappa shape index (κ2) is 7.40. The topological polar surface area (TPSA) is 98.5 Å². The lowest BCUT2D eigenvalue weighted by atomic mass is 10.3. The third-order valence-corrected chi connectivity index (χ3v) is 5.04. The van der Waals surface area contributed by atoms with E-state index in [1.165, 1.54) is 18.3 Å². The SMILES string of the molecule is COC(=O)C(C)S(=O)(=O)NCc1cc(C#CCN)cs1. The number of hydrogen-bond acceptors (Lipinski definition) is 6. The van der Waals surface area contributed by atoms with E-state index >= 15 is 0 Å². The van der Waals surface area contributed by atoms with Crippen molar-refractivity contribution in [1.82, 2.24) is 4.72 Å². The second-order valence-electron chi connectivity index (χ2n) is 3.84. The van der Waals surface area contributed by atoms with Crippen molar-refractivity contribution in [1.29, 1.82) is 0 Å². The molecule has 1 rings (SSSR count). The van der Waals surface area contributed by atoms with Crippen LogP contribution in [0.15, 0.2) is 11.4 Å². The van der Waals surface area contributed by atoms with Gasteiger partial charge in [-0.05, 0) is 13.0 Å². The molecule has 110 valence electrons. The van der Waals surface area contributed by atoms with E-state index in [4.69, 9.17) is 5.73 Å². The molecule has 0 saturated heterocycles. The Labute approximate surface area is 122 Å². The lowest BCUT2D eigenvalue weighted by molar-refractivity contribution is -0.139. The fourth-order valence-electron chi connectivity index (χ4n) is 1.28. The summed E-state index contributed by atoms with van der Waals surface area (Å²) in [4.78, 5) is 12.0. The molecule has 1 aromatic heterocycles.